The molecule has 1 amide bonds. The highest BCUT2D eigenvalue weighted by Crippen LogP contribution is 2.32. The van der Waals surface area contributed by atoms with E-state index in [0.29, 0.717) is 18.1 Å². The second kappa shape index (κ2) is 7.53. The lowest BCUT2D eigenvalue weighted by molar-refractivity contribution is -0.119. The Morgan fingerprint density at radius 2 is 2.16 bits per heavy atom. The van der Waals surface area contributed by atoms with Gasteiger partial charge >= 0.3 is 0 Å². The van der Waals surface area contributed by atoms with E-state index in [1.807, 2.05) is 30.5 Å². The van der Waals surface area contributed by atoms with E-state index >= 15 is 0 Å². The fourth-order valence-corrected chi connectivity index (χ4v) is 2.83. The largest absolute Gasteiger partial charge is 0.369 e. The highest BCUT2D eigenvalue weighted by Gasteiger charge is 2.13. The lowest BCUT2D eigenvalue weighted by Crippen LogP contribution is -2.29. The van der Waals surface area contributed by atoms with Crippen LogP contribution in [-0.2, 0) is 4.79 Å². The molecule has 0 fully saturated rings. The zero-order valence-electron chi connectivity index (χ0n) is 14.1. The van der Waals surface area contributed by atoms with E-state index in [-0.39, 0.29) is 11.8 Å². The average Bonchev–Trinajstić information content (AvgIpc) is 3.03. The number of halogens is 1. The predicted octanol–water partition coefficient (Wildman–Crippen LogP) is 3.46. The molecule has 2 heterocycles. The van der Waals surface area contributed by atoms with Crippen molar-refractivity contribution in [3.05, 3.63) is 41.8 Å². The number of rotatable bonds is 6. The van der Waals surface area contributed by atoms with Gasteiger partial charge in [0.2, 0.25) is 5.91 Å². The van der Waals surface area contributed by atoms with E-state index in [9.17, 15) is 4.79 Å². The number of carbonyl (C=O) groups excluding carboxylic acids is 1. The maximum atomic E-state index is 11.0. The lowest BCUT2D eigenvalue weighted by Gasteiger charge is -2.14. The number of nitrogens with one attached hydrogen (secondary N) is 3. The number of amides is 1. The molecule has 3 rings (SSSR count). The first-order valence-electron chi connectivity index (χ1n) is 8.11. The van der Waals surface area contributed by atoms with Crippen LogP contribution in [0.25, 0.3) is 22.2 Å². The number of hydrogen-bond acceptors (Lipinski definition) is 4. The molecular weight excluding hydrogens is 338 g/mol. The van der Waals surface area contributed by atoms with Gasteiger partial charge in [-0.3, -0.25) is 4.79 Å². The zero-order valence-corrected chi connectivity index (χ0v) is 14.9. The molecule has 0 saturated carbocycles. The SMILES string of the molecule is CC(=O)NCC(C)CNc1ncnc2[nH]cc(-c3cccc(Cl)c3)c12. The van der Waals surface area contributed by atoms with Gasteiger partial charge in [0.15, 0.2) is 0 Å². The summed E-state index contributed by atoms with van der Waals surface area (Å²) in [5.74, 6) is 1.00. The Morgan fingerprint density at radius 3 is 2.92 bits per heavy atom. The Labute approximate surface area is 151 Å². The van der Waals surface area contributed by atoms with Crippen molar-refractivity contribution in [2.75, 3.05) is 18.4 Å². The van der Waals surface area contributed by atoms with Gasteiger partial charge in [0.05, 0.1) is 5.39 Å². The normalized spacial score (nSPS) is 12.1. The van der Waals surface area contributed by atoms with Gasteiger partial charge in [-0.2, -0.15) is 0 Å². The van der Waals surface area contributed by atoms with Gasteiger partial charge in [-0.15, -0.1) is 0 Å². The Balaban J connectivity index is 1.86. The third-order valence-electron chi connectivity index (χ3n) is 3.92. The summed E-state index contributed by atoms with van der Waals surface area (Å²) in [5, 5.41) is 7.80. The van der Waals surface area contributed by atoms with Crippen molar-refractivity contribution in [3.8, 4) is 11.1 Å². The molecule has 0 saturated heterocycles. The van der Waals surface area contributed by atoms with Crippen molar-refractivity contribution in [3.63, 3.8) is 0 Å². The molecule has 0 aliphatic carbocycles. The van der Waals surface area contributed by atoms with Crippen molar-refractivity contribution in [2.24, 2.45) is 5.92 Å². The summed E-state index contributed by atoms with van der Waals surface area (Å²) < 4.78 is 0. The summed E-state index contributed by atoms with van der Waals surface area (Å²) in [6.45, 7) is 4.89. The van der Waals surface area contributed by atoms with E-state index in [0.717, 1.165) is 28.0 Å². The van der Waals surface area contributed by atoms with E-state index in [2.05, 4.69) is 32.5 Å². The lowest BCUT2D eigenvalue weighted by atomic mass is 10.1. The molecule has 1 unspecified atom stereocenters. The Kier molecular flexibility index (Phi) is 5.19. The van der Waals surface area contributed by atoms with Crippen LogP contribution in [0.4, 0.5) is 5.82 Å². The highest BCUT2D eigenvalue weighted by molar-refractivity contribution is 6.31. The summed E-state index contributed by atoms with van der Waals surface area (Å²) in [6, 6.07) is 7.69. The highest BCUT2D eigenvalue weighted by atomic mass is 35.5. The molecule has 1 aromatic carbocycles. The van der Waals surface area contributed by atoms with Crippen molar-refractivity contribution in [2.45, 2.75) is 13.8 Å². The number of aromatic nitrogens is 3. The second-order valence-electron chi connectivity index (χ2n) is 6.08. The van der Waals surface area contributed by atoms with Crippen molar-refractivity contribution < 1.29 is 4.79 Å². The molecule has 1 atom stereocenters. The number of aromatic amines is 1. The van der Waals surface area contributed by atoms with Gasteiger partial charge in [-0.05, 0) is 23.6 Å². The van der Waals surface area contributed by atoms with Gasteiger partial charge in [0, 0.05) is 36.8 Å². The smallest absolute Gasteiger partial charge is 0.216 e. The van der Waals surface area contributed by atoms with Gasteiger partial charge in [0.1, 0.15) is 17.8 Å². The fraction of sp³-hybridized carbons (Fsp3) is 0.278. The van der Waals surface area contributed by atoms with E-state index in [1.54, 1.807) is 0 Å². The first-order valence-corrected chi connectivity index (χ1v) is 8.48. The summed E-state index contributed by atoms with van der Waals surface area (Å²) in [4.78, 5) is 22.9. The van der Waals surface area contributed by atoms with Crippen LogP contribution in [0.1, 0.15) is 13.8 Å². The minimum Gasteiger partial charge on any atom is -0.369 e. The van der Waals surface area contributed by atoms with Crippen LogP contribution in [0.5, 0.6) is 0 Å². The molecule has 0 spiro atoms. The first-order chi connectivity index (χ1) is 12.0. The summed E-state index contributed by atoms with van der Waals surface area (Å²) >= 11 is 6.12. The zero-order chi connectivity index (χ0) is 17.8. The molecule has 3 N–H and O–H groups in total. The number of hydrogen-bond donors (Lipinski definition) is 3. The van der Waals surface area contributed by atoms with Crippen LogP contribution in [0.15, 0.2) is 36.8 Å². The van der Waals surface area contributed by atoms with E-state index in [4.69, 9.17) is 11.6 Å². The fourth-order valence-electron chi connectivity index (χ4n) is 2.64. The minimum atomic E-state index is -0.0230. The van der Waals surface area contributed by atoms with Crippen LogP contribution >= 0.6 is 11.6 Å². The molecule has 0 aliphatic heterocycles. The summed E-state index contributed by atoms with van der Waals surface area (Å²) in [5.41, 5.74) is 2.76. The Morgan fingerprint density at radius 1 is 1.32 bits per heavy atom. The van der Waals surface area contributed by atoms with Gasteiger partial charge < -0.3 is 15.6 Å². The predicted molar refractivity (Wildman–Crippen MR) is 101 cm³/mol. The van der Waals surface area contributed by atoms with Gasteiger partial charge in [-0.1, -0.05) is 30.7 Å². The van der Waals surface area contributed by atoms with Gasteiger partial charge in [-0.25, -0.2) is 9.97 Å². The number of fused-ring (bicyclic) bond motifs is 1. The van der Waals surface area contributed by atoms with Crippen LogP contribution in [-0.4, -0.2) is 33.9 Å². The Bertz CT molecular complexity index is 892. The molecule has 0 bridgehead atoms. The molecule has 130 valence electrons. The second-order valence-corrected chi connectivity index (χ2v) is 6.52. The number of anilines is 1. The minimum absolute atomic E-state index is 0.0230. The third kappa shape index (κ3) is 4.09. The number of nitrogens with zero attached hydrogens (tertiary/aromatic N) is 2. The van der Waals surface area contributed by atoms with Crippen LogP contribution in [0.2, 0.25) is 5.02 Å². The maximum Gasteiger partial charge on any atom is 0.216 e. The monoisotopic (exact) mass is 357 g/mol. The number of benzene rings is 1. The standard InChI is InChI=1S/C18H20ClN5O/c1-11(7-20-12(2)25)8-21-17-16-15(9-22-18(16)24-10-23-17)13-4-3-5-14(19)6-13/h3-6,9-11H,7-8H2,1-2H3,(H,20,25)(H2,21,22,23,24). The van der Waals surface area contributed by atoms with Gasteiger partial charge in [0.25, 0.3) is 0 Å². The molecule has 3 aromatic rings. The van der Waals surface area contributed by atoms with E-state index in [1.165, 1.54) is 13.3 Å². The topological polar surface area (TPSA) is 82.7 Å². The molecule has 0 aliphatic rings. The molecule has 25 heavy (non-hydrogen) atoms. The summed E-state index contributed by atoms with van der Waals surface area (Å²) in [6.07, 6.45) is 3.44. The first kappa shape index (κ1) is 17.2. The number of carbonyl (C=O) groups is 1. The van der Waals surface area contributed by atoms with Crippen molar-refractivity contribution >= 4 is 34.4 Å². The van der Waals surface area contributed by atoms with E-state index < -0.39 is 0 Å². The molecule has 6 nitrogen and oxygen atoms in total. The molecule has 0 radical (unpaired) electrons. The van der Waals surface area contributed by atoms with Crippen LogP contribution in [0.3, 0.4) is 0 Å². The maximum absolute atomic E-state index is 11.0. The summed E-state index contributed by atoms with van der Waals surface area (Å²) in [7, 11) is 0. The van der Waals surface area contributed by atoms with Crippen LogP contribution < -0.4 is 10.6 Å². The van der Waals surface area contributed by atoms with Crippen LogP contribution in [0, 0.1) is 5.92 Å². The molecule has 2 aromatic heterocycles. The Hall–Kier alpha value is -2.60. The molecule has 7 heteroatoms. The van der Waals surface area contributed by atoms with Crippen molar-refractivity contribution in [1.82, 2.24) is 20.3 Å². The average molecular weight is 358 g/mol. The number of H-pyrrole nitrogens is 1. The third-order valence-corrected chi connectivity index (χ3v) is 4.16. The van der Waals surface area contributed by atoms with Crippen molar-refractivity contribution in [1.29, 1.82) is 0 Å². The molecular formula is C18H20ClN5O. The quantitative estimate of drug-likeness (QED) is 0.631.